The van der Waals surface area contributed by atoms with Crippen LogP contribution in [-0.4, -0.2) is 41.4 Å². The fourth-order valence-corrected chi connectivity index (χ4v) is 3.95. The van der Waals surface area contributed by atoms with Crippen molar-refractivity contribution in [1.82, 2.24) is 9.80 Å². The summed E-state index contributed by atoms with van der Waals surface area (Å²) in [5.74, 6) is 0.258. The van der Waals surface area contributed by atoms with Gasteiger partial charge in [-0.05, 0) is 63.3 Å². The van der Waals surface area contributed by atoms with Gasteiger partial charge in [0.2, 0.25) is 5.91 Å². The summed E-state index contributed by atoms with van der Waals surface area (Å²) in [5, 5.41) is 0. The average Bonchev–Trinajstić information content (AvgIpc) is 2.55. The van der Waals surface area contributed by atoms with Crippen molar-refractivity contribution in [3.05, 3.63) is 35.6 Å². The molecule has 0 radical (unpaired) electrons. The van der Waals surface area contributed by atoms with Crippen molar-refractivity contribution in [3.8, 4) is 0 Å². The highest BCUT2D eigenvalue weighted by molar-refractivity contribution is 5.79. The summed E-state index contributed by atoms with van der Waals surface area (Å²) < 4.78 is 13.3. The topological polar surface area (TPSA) is 23.6 Å². The van der Waals surface area contributed by atoms with Crippen LogP contribution < -0.4 is 0 Å². The van der Waals surface area contributed by atoms with Gasteiger partial charge < -0.3 is 4.90 Å². The van der Waals surface area contributed by atoms with Crippen molar-refractivity contribution in [3.63, 3.8) is 0 Å². The number of rotatable bonds is 3. The van der Waals surface area contributed by atoms with Crippen LogP contribution in [0.5, 0.6) is 0 Å². The summed E-state index contributed by atoms with van der Waals surface area (Å²) in [4.78, 5) is 17.3. The number of benzene rings is 1. The first-order valence-electron chi connectivity index (χ1n) is 8.91. The van der Waals surface area contributed by atoms with Gasteiger partial charge in [-0.25, -0.2) is 4.39 Å². The van der Waals surface area contributed by atoms with Gasteiger partial charge in [-0.15, -0.1) is 0 Å². The minimum atomic E-state index is -0.186. The Morgan fingerprint density at radius 1 is 1.22 bits per heavy atom. The summed E-state index contributed by atoms with van der Waals surface area (Å²) in [6.07, 6.45) is 5.54. The third kappa shape index (κ3) is 4.11. The van der Waals surface area contributed by atoms with Crippen molar-refractivity contribution < 1.29 is 9.18 Å². The predicted molar refractivity (Wildman–Crippen MR) is 89.4 cm³/mol. The van der Waals surface area contributed by atoms with E-state index in [-0.39, 0.29) is 11.7 Å². The Morgan fingerprint density at radius 2 is 2.09 bits per heavy atom. The second-order valence-electron chi connectivity index (χ2n) is 7.08. The highest BCUT2D eigenvalue weighted by atomic mass is 19.1. The Hall–Kier alpha value is -1.42. The van der Waals surface area contributed by atoms with E-state index < -0.39 is 0 Å². The van der Waals surface area contributed by atoms with Gasteiger partial charge in [0, 0.05) is 25.7 Å². The summed E-state index contributed by atoms with van der Waals surface area (Å²) >= 11 is 0. The first-order chi connectivity index (χ1) is 11.1. The van der Waals surface area contributed by atoms with E-state index >= 15 is 0 Å². The second-order valence-corrected chi connectivity index (χ2v) is 7.08. The monoisotopic (exact) mass is 318 g/mol. The molecule has 126 valence electrons. The number of hydrogen-bond acceptors (Lipinski definition) is 2. The molecule has 4 heteroatoms. The molecule has 2 saturated heterocycles. The van der Waals surface area contributed by atoms with Crippen LogP contribution in [0.1, 0.15) is 44.6 Å². The van der Waals surface area contributed by atoms with E-state index in [1.165, 1.54) is 12.5 Å². The summed E-state index contributed by atoms with van der Waals surface area (Å²) in [7, 11) is 0. The smallest absolute Gasteiger partial charge is 0.227 e. The van der Waals surface area contributed by atoms with E-state index in [1.807, 2.05) is 6.07 Å². The van der Waals surface area contributed by atoms with Gasteiger partial charge >= 0.3 is 0 Å². The van der Waals surface area contributed by atoms with Crippen molar-refractivity contribution in [2.24, 2.45) is 5.92 Å². The number of halogens is 1. The van der Waals surface area contributed by atoms with Crippen molar-refractivity contribution >= 4 is 5.91 Å². The van der Waals surface area contributed by atoms with Crippen LogP contribution in [0.25, 0.3) is 0 Å². The lowest BCUT2D eigenvalue weighted by Crippen LogP contribution is -2.49. The number of amides is 1. The van der Waals surface area contributed by atoms with E-state index in [9.17, 15) is 9.18 Å². The predicted octanol–water partition coefficient (Wildman–Crippen LogP) is 3.44. The zero-order valence-electron chi connectivity index (χ0n) is 14.0. The molecule has 0 unspecified atom stereocenters. The third-order valence-corrected chi connectivity index (χ3v) is 5.24. The van der Waals surface area contributed by atoms with Gasteiger partial charge in [0.1, 0.15) is 5.82 Å². The Bertz CT molecular complexity index is 548. The van der Waals surface area contributed by atoms with Crippen molar-refractivity contribution in [1.29, 1.82) is 0 Å². The number of carbonyl (C=O) groups excluding carboxylic acids is 1. The molecule has 3 nitrogen and oxygen atoms in total. The minimum absolute atomic E-state index is 0.109. The molecule has 0 N–H and O–H groups in total. The van der Waals surface area contributed by atoms with Gasteiger partial charge in [0.25, 0.3) is 0 Å². The molecule has 2 fully saturated rings. The zero-order valence-corrected chi connectivity index (χ0v) is 14.0. The summed E-state index contributed by atoms with van der Waals surface area (Å²) in [5.41, 5.74) is 0.990. The molecule has 1 aromatic carbocycles. The lowest BCUT2D eigenvalue weighted by atomic mass is 9.93. The van der Waals surface area contributed by atoms with Crippen LogP contribution in [0.3, 0.4) is 0 Å². The third-order valence-electron chi connectivity index (χ3n) is 5.24. The standard InChI is InChI=1S/C19H27FN2O/c1-15-6-2-3-11-22(15)19(23)17-8-5-10-21(14-17)13-16-7-4-9-18(20)12-16/h4,7,9,12,15,17H,2-3,5-6,8,10-11,13-14H2,1H3/t15-,17+/m0/s1. The SMILES string of the molecule is C[C@H]1CCCCN1C(=O)[C@@H]1CCCN(Cc2cccc(F)c2)C1. The molecule has 0 aliphatic carbocycles. The molecule has 1 amide bonds. The summed E-state index contributed by atoms with van der Waals surface area (Å²) in [6, 6.07) is 7.17. The quantitative estimate of drug-likeness (QED) is 0.852. The molecule has 2 aliphatic rings. The fraction of sp³-hybridized carbons (Fsp3) is 0.632. The van der Waals surface area contributed by atoms with Crippen LogP contribution in [0.4, 0.5) is 4.39 Å². The fourth-order valence-electron chi connectivity index (χ4n) is 3.95. The van der Waals surface area contributed by atoms with Crippen LogP contribution in [-0.2, 0) is 11.3 Å². The molecule has 0 aromatic heterocycles. The van der Waals surface area contributed by atoms with E-state index in [2.05, 4.69) is 16.7 Å². The second kappa shape index (κ2) is 7.43. The van der Waals surface area contributed by atoms with Gasteiger partial charge in [-0.1, -0.05) is 12.1 Å². The molecular weight excluding hydrogens is 291 g/mol. The van der Waals surface area contributed by atoms with E-state index in [1.54, 1.807) is 12.1 Å². The number of nitrogens with zero attached hydrogens (tertiary/aromatic N) is 2. The molecule has 23 heavy (non-hydrogen) atoms. The van der Waals surface area contributed by atoms with Gasteiger partial charge in [0.15, 0.2) is 0 Å². The Balaban J connectivity index is 1.60. The number of piperidine rings is 2. The highest BCUT2D eigenvalue weighted by Crippen LogP contribution is 2.25. The Morgan fingerprint density at radius 3 is 2.87 bits per heavy atom. The number of hydrogen-bond donors (Lipinski definition) is 0. The first-order valence-corrected chi connectivity index (χ1v) is 8.91. The normalized spacial score (nSPS) is 26.3. The van der Waals surface area contributed by atoms with Gasteiger partial charge in [-0.2, -0.15) is 0 Å². The molecule has 0 saturated carbocycles. The number of likely N-dealkylation sites (tertiary alicyclic amines) is 2. The first kappa shape index (κ1) is 16.4. The van der Waals surface area contributed by atoms with Gasteiger partial charge in [-0.3, -0.25) is 9.69 Å². The largest absolute Gasteiger partial charge is 0.340 e. The molecule has 0 spiro atoms. The minimum Gasteiger partial charge on any atom is -0.340 e. The highest BCUT2D eigenvalue weighted by Gasteiger charge is 2.32. The lowest BCUT2D eigenvalue weighted by Gasteiger charge is -2.39. The van der Waals surface area contributed by atoms with Crippen LogP contribution in [0.2, 0.25) is 0 Å². The molecule has 0 bridgehead atoms. The summed E-state index contributed by atoms with van der Waals surface area (Å²) in [6.45, 7) is 5.62. The Kier molecular flexibility index (Phi) is 5.31. The zero-order chi connectivity index (χ0) is 16.2. The van der Waals surface area contributed by atoms with E-state index in [0.717, 1.165) is 57.4 Å². The van der Waals surface area contributed by atoms with Crippen molar-refractivity contribution in [2.45, 2.75) is 51.6 Å². The van der Waals surface area contributed by atoms with Crippen molar-refractivity contribution in [2.75, 3.05) is 19.6 Å². The van der Waals surface area contributed by atoms with Crippen LogP contribution in [0.15, 0.2) is 24.3 Å². The molecule has 2 aliphatic heterocycles. The van der Waals surface area contributed by atoms with E-state index in [4.69, 9.17) is 0 Å². The molecule has 2 heterocycles. The molecule has 3 rings (SSSR count). The van der Waals surface area contributed by atoms with E-state index in [0.29, 0.717) is 11.9 Å². The molecule has 1 aromatic rings. The van der Waals surface area contributed by atoms with Gasteiger partial charge in [0.05, 0.1) is 5.92 Å². The number of carbonyl (C=O) groups is 1. The molecular formula is C19H27FN2O. The maximum Gasteiger partial charge on any atom is 0.227 e. The molecule has 2 atom stereocenters. The average molecular weight is 318 g/mol. The van der Waals surface area contributed by atoms with Crippen LogP contribution >= 0.6 is 0 Å². The van der Waals surface area contributed by atoms with Crippen LogP contribution in [0, 0.1) is 11.7 Å². The Labute approximate surface area is 138 Å². The maximum atomic E-state index is 13.3. The lowest BCUT2D eigenvalue weighted by molar-refractivity contribution is -0.140. The maximum absolute atomic E-state index is 13.3.